The van der Waals surface area contributed by atoms with Gasteiger partial charge in [-0.25, -0.2) is 9.36 Å². The van der Waals surface area contributed by atoms with E-state index in [2.05, 4.69) is 9.05 Å². The summed E-state index contributed by atoms with van der Waals surface area (Å²) in [6.07, 6.45) is -15.5. The number of ether oxygens (including phenoxy) is 2. The third kappa shape index (κ3) is 5.40. The van der Waals surface area contributed by atoms with Crippen molar-refractivity contribution in [3.05, 3.63) is 32.9 Å². The van der Waals surface area contributed by atoms with Crippen molar-refractivity contribution in [3.63, 3.8) is 0 Å². The summed E-state index contributed by atoms with van der Waals surface area (Å²) in [6.45, 7) is -1.76. The SMILES string of the molecule is O=c1[nH]c(=O)n([C@@H]2O[C@H](COP(=O)(O)O[C@H]3O[C@H](CO)[C@H](O)[C@H](O)[C@H]3O)[C@@H](O)[C@H]2O)cc1F. The molecule has 33 heavy (non-hydrogen) atoms. The molecule has 3 heterocycles. The van der Waals surface area contributed by atoms with E-state index < -0.39 is 93.3 Å². The first-order chi connectivity index (χ1) is 15.4. The fourth-order valence-electron chi connectivity index (χ4n) is 3.23. The molecule has 0 aliphatic carbocycles. The minimum absolute atomic E-state index is 0.435. The number of halogens is 1. The molecule has 188 valence electrons. The molecule has 0 bridgehead atoms. The van der Waals surface area contributed by atoms with Gasteiger partial charge < -0.3 is 45.0 Å². The van der Waals surface area contributed by atoms with Gasteiger partial charge in [0.1, 0.15) is 42.7 Å². The molecule has 2 aliphatic heterocycles. The van der Waals surface area contributed by atoms with Crippen LogP contribution in [0.25, 0.3) is 0 Å². The van der Waals surface area contributed by atoms with E-state index in [1.54, 1.807) is 4.98 Å². The zero-order valence-electron chi connectivity index (χ0n) is 16.4. The molecule has 8 N–H and O–H groups in total. The van der Waals surface area contributed by atoms with Crippen LogP contribution in [0.5, 0.6) is 0 Å². The van der Waals surface area contributed by atoms with Crippen LogP contribution in [0, 0.1) is 5.82 Å². The van der Waals surface area contributed by atoms with E-state index in [4.69, 9.17) is 14.6 Å². The van der Waals surface area contributed by atoms with Crippen LogP contribution in [-0.4, -0.2) is 107 Å². The Morgan fingerprint density at radius 1 is 1.03 bits per heavy atom. The van der Waals surface area contributed by atoms with E-state index in [0.29, 0.717) is 10.8 Å². The van der Waals surface area contributed by atoms with Crippen LogP contribution in [0.3, 0.4) is 0 Å². The Morgan fingerprint density at radius 3 is 2.30 bits per heavy atom. The van der Waals surface area contributed by atoms with E-state index in [1.165, 1.54) is 0 Å². The maximum absolute atomic E-state index is 13.5. The molecule has 0 saturated carbocycles. The number of nitrogens with one attached hydrogen (secondary N) is 1. The van der Waals surface area contributed by atoms with Crippen molar-refractivity contribution < 1.29 is 63.0 Å². The van der Waals surface area contributed by atoms with Crippen molar-refractivity contribution in [2.45, 2.75) is 55.2 Å². The van der Waals surface area contributed by atoms with Gasteiger partial charge in [0.05, 0.1) is 19.4 Å². The molecule has 2 fully saturated rings. The largest absolute Gasteiger partial charge is 0.474 e. The van der Waals surface area contributed by atoms with E-state index in [1.807, 2.05) is 0 Å². The van der Waals surface area contributed by atoms with Gasteiger partial charge in [0.15, 0.2) is 12.5 Å². The van der Waals surface area contributed by atoms with E-state index >= 15 is 0 Å². The molecule has 2 aliphatic rings. The highest BCUT2D eigenvalue weighted by molar-refractivity contribution is 7.47. The Labute approximate surface area is 182 Å². The average molecular weight is 504 g/mol. The van der Waals surface area contributed by atoms with Crippen LogP contribution < -0.4 is 11.2 Å². The fraction of sp³-hybridized carbons (Fsp3) is 0.733. The standard InChI is InChI=1S/C15H22FN2O14P/c16-4-1-18(15(26)17-12(4)25)13-10(23)8(21)6(30-13)3-29-33(27,28)32-14-11(24)9(22)7(20)5(2-19)31-14/h1,5-11,13-14,19-24H,2-3H2,(H,27,28)(H,17,25,26)/t5-,6-,7+,8-,9+,10-,11-,13-,14-/m1/s1. The summed E-state index contributed by atoms with van der Waals surface area (Å²) < 4.78 is 45.5. The predicted octanol–water partition coefficient (Wildman–Crippen LogP) is -4.77. The second-order valence-corrected chi connectivity index (χ2v) is 8.66. The van der Waals surface area contributed by atoms with Gasteiger partial charge in [0, 0.05) is 0 Å². The highest BCUT2D eigenvalue weighted by Gasteiger charge is 2.48. The van der Waals surface area contributed by atoms with Gasteiger partial charge in [-0.1, -0.05) is 0 Å². The normalized spacial score (nSPS) is 38.8. The van der Waals surface area contributed by atoms with Crippen LogP contribution >= 0.6 is 7.82 Å². The number of aromatic amines is 1. The molecule has 10 atom stereocenters. The summed E-state index contributed by atoms with van der Waals surface area (Å²) in [5, 5.41) is 58.6. The number of phosphoric ester groups is 1. The molecular weight excluding hydrogens is 482 g/mol. The van der Waals surface area contributed by atoms with Gasteiger partial charge in [-0.3, -0.25) is 23.4 Å². The number of rotatable bonds is 7. The van der Waals surface area contributed by atoms with Crippen LogP contribution in [-0.2, 0) is 23.1 Å². The van der Waals surface area contributed by atoms with Gasteiger partial charge in [-0.15, -0.1) is 0 Å². The van der Waals surface area contributed by atoms with Gasteiger partial charge in [0.2, 0.25) is 5.82 Å². The summed E-state index contributed by atoms with van der Waals surface area (Å²) in [5.41, 5.74) is -2.49. The van der Waals surface area contributed by atoms with Gasteiger partial charge in [-0.05, 0) is 0 Å². The van der Waals surface area contributed by atoms with Crippen molar-refractivity contribution in [2.75, 3.05) is 13.2 Å². The molecule has 2 saturated heterocycles. The summed E-state index contributed by atoms with van der Waals surface area (Å²) in [7, 11) is -5.10. The van der Waals surface area contributed by atoms with E-state index in [0.717, 1.165) is 0 Å². The third-order valence-electron chi connectivity index (χ3n) is 5.02. The summed E-state index contributed by atoms with van der Waals surface area (Å²) in [6, 6.07) is 0. The quantitative estimate of drug-likeness (QED) is 0.162. The summed E-state index contributed by atoms with van der Waals surface area (Å²) in [5.74, 6) is -1.38. The van der Waals surface area contributed by atoms with Crippen molar-refractivity contribution >= 4 is 7.82 Å². The van der Waals surface area contributed by atoms with Crippen molar-refractivity contribution in [1.29, 1.82) is 0 Å². The van der Waals surface area contributed by atoms with E-state index in [9.17, 15) is 49.0 Å². The first kappa shape index (κ1) is 26.0. The minimum Gasteiger partial charge on any atom is -0.394 e. The lowest BCUT2D eigenvalue weighted by atomic mass is 10.00. The zero-order chi connectivity index (χ0) is 24.7. The van der Waals surface area contributed by atoms with Gasteiger partial charge in [-0.2, -0.15) is 4.39 Å². The number of aliphatic hydroxyl groups is 6. The monoisotopic (exact) mass is 504 g/mol. The van der Waals surface area contributed by atoms with Crippen LogP contribution in [0.1, 0.15) is 6.23 Å². The lowest BCUT2D eigenvalue weighted by Gasteiger charge is -2.39. The van der Waals surface area contributed by atoms with Crippen LogP contribution in [0.15, 0.2) is 15.8 Å². The molecule has 1 unspecified atom stereocenters. The molecule has 0 spiro atoms. The highest BCUT2D eigenvalue weighted by atomic mass is 31.2. The molecular formula is C15H22FN2O14P. The Balaban J connectivity index is 1.65. The van der Waals surface area contributed by atoms with Gasteiger partial charge in [0.25, 0.3) is 5.56 Å². The lowest BCUT2D eigenvalue weighted by Crippen LogP contribution is -2.58. The molecule has 16 nitrogen and oxygen atoms in total. The van der Waals surface area contributed by atoms with Crippen molar-refractivity contribution in [1.82, 2.24) is 9.55 Å². The summed E-state index contributed by atoms with van der Waals surface area (Å²) in [4.78, 5) is 34.5. The molecule has 18 heteroatoms. The number of hydrogen-bond donors (Lipinski definition) is 8. The maximum Gasteiger partial charge on any atom is 0.474 e. The maximum atomic E-state index is 13.5. The highest BCUT2D eigenvalue weighted by Crippen LogP contribution is 2.47. The Morgan fingerprint density at radius 2 is 1.67 bits per heavy atom. The topological polar surface area (TPSA) is 250 Å². The van der Waals surface area contributed by atoms with Gasteiger partial charge >= 0.3 is 13.5 Å². The van der Waals surface area contributed by atoms with Crippen LogP contribution in [0.2, 0.25) is 0 Å². The lowest BCUT2D eigenvalue weighted by molar-refractivity contribution is -0.281. The first-order valence-corrected chi connectivity index (χ1v) is 10.8. The van der Waals surface area contributed by atoms with Crippen molar-refractivity contribution in [2.24, 2.45) is 0 Å². The van der Waals surface area contributed by atoms with Crippen molar-refractivity contribution in [3.8, 4) is 0 Å². The molecule has 0 radical (unpaired) electrons. The predicted molar refractivity (Wildman–Crippen MR) is 97.8 cm³/mol. The first-order valence-electron chi connectivity index (χ1n) is 9.35. The fourth-order valence-corrected chi connectivity index (χ4v) is 4.06. The van der Waals surface area contributed by atoms with E-state index in [-0.39, 0.29) is 0 Å². The number of nitrogens with zero attached hydrogens (tertiary/aromatic N) is 1. The molecule has 0 amide bonds. The number of H-pyrrole nitrogens is 1. The zero-order valence-corrected chi connectivity index (χ0v) is 17.3. The molecule has 1 aromatic heterocycles. The second kappa shape index (κ2) is 9.95. The third-order valence-corrected chi connectivity index (χ3v) is 5.97. The number of hydrogen-bond acceptors (Lipinski definition) is 13. The Kier molecular flexibility index (Phi) is 7.84. The molecule has 0 aromatic carbocycles. The molecule has 1 aromatic rings. The molecule has 3 rings (SSSR count). The second-order valence-electron chi connectivity index (χ2n) is 7.26. The minimum atomic E-state index is -5.10. The average Bonchev–Trinajstić information content (AvgIpc) is 3.03. The number of phosphoric acid groups is 1. The smallest absolute Gasteiger partial charge is 0.394 e. The summed E-state index contributed by atoms with van der Waals surface area (Å²) >= 11 is 0. The Bertz CT molecular complexity index is 1000. The number of aliphatic hydroxyl groups excluding tert-OH is 6. The van der Waals surface area contributed by atoms with Crippen LogP contribution in [0.4, 0.5) is 4.39 Å². The number of aromatic nitrogens is 2. The Hall–Kier alpha value is -1.60.